The van der Waals surface area contributed by atoms with Crippen LogP contribution in [0.15, 0.2) is 54.6 Å². The van der Waals surface area contributed by atoms with Gasteiger partial charge < -0.3 is 15.4 Å². The van der Waals surface area contributed by atoms with E-state index in [9.17, 15) is 4.79 Å². The number of aryl methyl sites for hydroxylation is 1. The molecular formula is C22H24N4O2. The number of carbonyl (C=O) groups is 1. The Balaban J connectivity index is 1.81. The smallest absolute Gasteiger partial charge is 0.274 e. The fourth-order valence-corrected chi connectivity index (χ4v) is 2.84. The average molecular weight is 376 g/mol. The van der Waals surface area contributed by atoms with Crippen molar-refractivity contribution in [3.8, 4) is 5.75 Å². The number of anilines is 3. The Morgan fingerprint density at radius 3 is 2.43 bits per heavy atom. The zero-order valence-electron chi connectivity index (χ0n) is 16.5. The highest BCUT2D eigenvalue weighted by atomic mass is 16.5. The fourth-order valence-electron chi connectivity index (χ4n) is 2.84. The SMILES string of the molecule is COc1ccc(Nc2nc(C)cc(C(=O)Nc3ccccc3C(C)C)n2)cc1. The molecule has 0 atom stereocenters. The number of benzene rings is 2. The molecule has 144 valence electrons. The van der Waals surface area contributed by atoms with Crippen molar-refractivity contribution in [2.45, 2.75) is 26.7 Å². The van der Waals surface area contributed by atoms with E-state index in [1.54, 1.807) is 13.2 Å². The van der Waals surface area contributed by atoms with E-state index in [2.05, 4.69) is 34.4 Å². The topological polar surface area (TPSA) is 76.1 Å². The van der Waals surface area contributed by atoms with Gasteiger partial charge in [0.1, 0.15) is 11.4 Å². The Hall–Kier alpha value is -3.41. The van der Waals surface area contributed by atoms with Crippen LogP contribution < -0.4 is 15.4 Å². The summed E-state index contributed by atoms with van der Waals surface area (Å²) < 4.78 is 5.16. The van der Waals surface area contributed by atoms with E-state index in [0.717, 1.165) is 22.7 Å². The highest BCUT2D eigenvalue weighted by Crippen LogP contribution is 2.24. The zero-order valence-corrected chi connectivity index (χ0v) is 16.5. The molecule has 0 aliphatic heterocycles. The fraction of sp³-hybridized carbons (Fsp3) is 0.227. The van der Waals surface area contributed by atoms with Gasteiger partial charge in [0.05, 0.1) is 7.11 Å². The van der Waals surface area contributed by atoms with Crippen LogP contribution in [0.2, 0.25) is 0 Å². The minimum absolute atomic E-state index is 0.267. The van der Waals surface area contributed by atoms with Crippen molar-refractivity contribution in [2.75, 3.05) is 17.7 Å². The molecule has 0 fully saturated rings. The van der Waals surface area contributed by atoms with Gasteiger partial charge in [0, 0.05) is 17.1 Å². The number of nitrogens with one attached hydrogen (secondary N) is 2. The maximum Gasteiger partial charge on any atom is 0.274 e. The van der Waals surface area contributed by atoms with Crippen LogP contribution in [0.3, 0.4) is 0 Å². The van der Waals surface area contributed by atoms with Crippen molar-refractivity contribution in [1.82, 2.24) is 9.97 Å². The number of carbonyl (C=O) groups excluding carboxylic acids is 1. The first-order chi connectivity index (χ1) is 13.5. The first-order valence-corrected chi connectivity index (χ1v) is 9.13. The summed E-state index contributed by atoms with van der Waals surface area (Å²) in [4.78, 5) is 21.5. The highest BCUT2D eigenvalue weighted by Gasteiger charge is 2.14. The van der Waals surface area contributed by atoms with E-state index >= 15 is 0 Å². The van der Waals surface area contributed by atoms with Crippen molar-refractivity contribution in [3.63, 3.8) is 0 Å². The summed E-state index contributed by atoms with van der Waals surface area (Å²) in [7, 11) is 1.62. The van der Waals surface area contributed by atoms with Crippen LogP contribution in [0.4, 0.5) is 17.3 Å². The molecular weight excluding hydrogens is 352 g/mol. The number of hydrogen-bond acceptors (Lipinski definition) is 5. The summed E-state index contributed by atoms with van der Waals surface area (Å²) in [5, 5.41) is 6.10. The third kappa shape index (κ3) is 4.65. The summed E-state index contributed by atoms with van der Waals surface area (Å²) in [6.07, 6.45) is 0. The normalized spacial score (nSPS) is 10.6. The van der Waals surface area contributed by atoms with E-state index in [0.29, 0.717) is 23.3 Å². The molecule has 3 rings (SSSR count). The van der Waals surface area contributed by atoms with Crippen molar-refractivity contribution in [2.24, 2.45) is 0 Å². The molecule has 0 aliphatic carbocycles. The van der Waals surface area contributed by atoms with Gasteiger partial charge in [-0.2, -0.15) is 0 Å². The van der Waals surface area contributed by atoms with Gasteiger partial charge in [0.2, 0.25) is 5.95 Å². The van der Waals surface area contributed by atoms with Crippen LogP contribution in [0.5, 0.6) is 5.75 Å². The zero-order chi connectivity index (χ0) is 20.1. The summed E-state index contributed by atoms with van der Waals surface area (Å²) in [6.45, 7) is 6.02. The molecule has 0 saturated heterocycles. The molecule has 3 aromatic rings. The molecule has 1 aromatic heterocycles. The summed E-state index contributed by atoms with van der Waals surface area (Å²) in [5.41, 5.74) is 3.69. The van der Waals surface area contributed by atoms with Gasteiger partial charge in [-0.3, -0.25) is 4.79 Å². The van der Waals surface area contributed by atoms with Crippen LogP contribution >= 0.6 is 0 Å². The van der Waals surface area contributed by atoms with E-state index in [4.69, 9.17) is 4.74 Å². The van der Waals surface area contributed by atoms with Crippen LogP contribution in [0.1, 0.15) is 41.5 Å². The Morgan fingerprint density at radius 2 is 1.75 bits per heavy atom. The molecule has 0 bridgehead atoms. The molecule has 2 N–H and O–H groups in total. The highest BCUT2D eigenvalue weighted by molar-refractivity contribution is 6.03. The van der Waals surface area contributed by atoms with Crippen LogP contribution in [-0.4, -0.2) is 23.0 Å². The van der Waals surface area contributed by atoms with Gasteiger partial charge in [-0.25, -0.2) is 9.97 Å². The second kappa shape index (κ2) is 8.52. The molecule has 0 spiro atoms. The lowest BCUT2D eigenvalue weighted by Gasteiger charge is -2.14. The van der Waals surface area contributed by atoms with Crippen molar-refractivity contribution in [1.29, 1.82) is 0 Å². The number of aromatic nitrogens is 2. The summed E-state index contributed by atoms with van der Waals surface area (Å²) >= 11 is 0. The van der Waals surface area contributed by atoms with Gasteiger partial charge in [-0.15, -0.1) is 0 Å². The minimum Gasteiger partial charge on any atom is -0.497 e. The first-order valence-electron chi connectivity index (χ1n) is 9.13. The van der Waals surface area contributed by atoms with Gasteiger partial charge in [-0.1, -0.05) is 32.0 Å². The quantitative estimate of drug-likeness (QED) is 0.639. The largest absolute Gasteiger partial charge is 0.497 e. The number of nitrogens with zero attached hydrogens (tertiary/aromatic N) is 2. The number of methoxy groups -OCH3 is 1. The van der Waals surface area contributed by atoms with Gasteiger partial charge in [0.25, 0.3) is 5.91 Å². The molecule has 6 nitrogen and oxygen atoms in total. The summed E-state index contributed by atoms with van der Waals surface area (Å²) in [6, 6.07) is 16.9. The predicted octanol–water partition coefficient (Wildman–Crippen LogP) is 4.91. The third-order valence-corrected chi connectivity index (χ3v) is 4.26. The van der Waals surface area contributed by atoms with Crippen LogP contribution in [0, 0.1) is 6.92 Å². The average Bonchev–Trinajstić information content (AvgIpc) is 2.68. The Kier molecular flexibility index (Phi) is 5.89. The van der Waals surface area contributed by atoms with E-state index in [-0.39, 0.29) is 5.91 Å². The second-order valence-corrected chi connectivity index (χ2v) is 6.77. The molecule has 0 radical (unpaired) electrons. The van der Waals surface area contributed by atoms with Crippen LogP contribution in [-0.2, 0) is 0 Å². The number of para-hydroxylation sites is 1. The number of rotatable bonds is 6. The standard InChI is InChI=1S/C22H24N4O2/c1-14(2)18-7-5-6-8-19(18)25-21(27)20-13-15(3)23-22(26-20)24-16-9-11-17(28-4)12-10-16/h5-14H,1-4H3,(H,25,27)(H,23,24,26). The Bertz CT molecular complexity index is 969. The lowest BCUT2D eigenvalue weighted by molar-refractivity contribution is 0.102. The van der Waals surface area contributed by atoms with E-state index in [1.165, 1.54) is 0 Å². The molecule has 6 heteroatoms. The maximum absolute atomic E-state index is 12.8. The molecule has 0 saturated carbocycles. The minimum atomic E-state index is -0.267. The van der Waals surface area contributed by atoms with Gasteiger partial charge >= 0.3 is 0 Å². The number of ether oxygens (including phenoxy) is 1. The molecule has 0 unspecified atom stereocenters. The molecule has 2 aromatic carbocycles. The Morgan fingerprint density at radius 1 is 1.04 bits per heavy atom. The molecule has 0 aliphatic rings. The monoisotopic (exact) mass is 376 g/mol. The number of amides is 1. The third-order valence-electron chi connectivity index (χ3n) is 4.26. The van der Waals surface area contributed by atoms with Gasteiger partial charge in [-0.05, 0) is 54.8 Å². The van der Waals surface area contributed by atoms with E-state index in [1.807, 2.05) is 55.5 Å². The molecule has 1 amide bonds. The number of hydrogen-bond donors (Lipinski definition) is 2. The molecule has 1 heterocycles. The van der Waals surface area contributed by atoms with E-state index < -0.39 is 0 Å². The second-order valence-electron chi connectivity index (χ2n) is 6.77. The van der Waals surface area contributed by atoms with Crippen molar-refractivity contribution < 1.29 is 9.53 Å². The maximum atomic E-state index is 12.8. The lowest BCUT2D eigenvalue weighted by Crippen LogP contribution is -2.16. The lowest BCUT2D eigenvalue weighted by atomic mass is 10.0. The Labute approximate surface area is 165 Å². The predicted molar refractivity (Wildman–Crippen MR) is 112 cm³/mol. The first kappa shape index (κ1) is 19.4. The molecule has 28 heavy (non-hydrogen) atoms. The van der Waals surface area contributed by atoms with Crippen LogP contribution in [0.25, 0.3) is 0 Å². The van der Waals surface area contributed by atoms with Crippen molar-refractivity contribution in [3.05, 3.63) is 71.5 Å². The summed E-state index contributed by atoms with van der Waals surface area (Å²) in [5.74, 6) is 1.17. The van der Waals surface area contributed by atoms with Gasteiger partial charge in [0.15, 0.2) is 0 Å². The van der Waals surface area contributed by atoms with Crippen molar-refractivity contribution >= 4 is 23.2 Å².